The van der Waals surface area contributed by atoms with Gasteiger partial charge in [0.25, 0.3) is 6.47 Å². The van der Waals surface area contributed by atoms with Crippen molar-refractivity contribution in [3.63, 3.8) is 0 Å². The number of carbonyl (C=O) groups is 1. The summed E-state index contributed by atoms with van der Waals surface area (Å²) < 4.78 is 4.35. The minimum Gasteiger partial charge on any atom is -0.408 e. The van der Waals surface area contributed by atoms with E-state index in [1.165, 1.54) is 12.4 Å². The molecule has 52 valence electrons. The molecule has 0 fully saturated rings. The first-order valence-electron chi connectivity index (χ1n) is 2.51. The molecule has 2 N–H and O–H groups in total. The largest absolute Gasteiger partial charge is 0.408 e. The van der Waals surface area contributed by atoms with Crippen LogP contribution in [0.1, 0.15) is 0 Å². The van der Waals surface area contributed by atoms with Gasteiger partial charge in [0.15, 0.2) is 0 Å². The smallest absolute Gasteiger partial charge is 0.299 e. The first kappa shape index (κ1) is 6.47. The van der Waals surface area contributed by atoms with Gasteiger partial charge in [-0.3, -0.25) is 9.78 Å². The van der Waals surface area contributed by atoms with Gasteiger partial charge in [-0.05, 0) is 0 Å². The molecule has 5 nitrogen and oxygen atoms in total. The van der Waals surface area contributed by atoms with E-state index in [2.05, 4.69) is 14.7 Å². The van der Waals surface area contributed by atoms with Gasteiger partial charge < -0.3 is 10.5 Å². The summed E-state index contributed by atoms with van der Waals surface area (Å²) >= 11 is 0. The van der Waals surface area contributed by atoms with Crippen LogP contribution in [0.3, 0.4) is 0 Å². The number of aromatic nitrogens is 2. The third-order valence-electron chi connectivity index (χ3n) is 0.800. The Morgan fingerprint density at radius 2 is 2.40 bits per heavy atom. The minimum atomic E-state index is 0.106. The van der Waals surface area contributed by atoms with E-state index in [1.807, 2.05) is 0 Å². The summed E-state index contributed by atoms with van der Waals surface area (Å²) in [6.45, 7) is 0.267. The molecule has 0 unspecified atom stereocenters. The van der Waals surface area contributed by atoms with E-state index in [0.717, 1.165) is 0 Å². The Kier molecular flexibility index (Phi) is 1.79. The lowest BCUT2D eigenvalue weighted by Crippen LogP contribution is -1.96. The summed E-state index contributed by atoms with van der Waals surface area (Å²) in [5, 5.41) is 0. The fourth-order valence-corrected chi connectivity index (χ4v) is 0.468. The number of carbonyl (C=O) groups excluding carboxylic acids is 1. The molecular formula is C5H5N3O2. The van der Waals surface area contributed by atoms with Crippen molar-refractivity contribution in [1.82, 2.24) is 9.97 Å². The van der Waals surface area contributed by atoms with Crippen molar-refractivity contribution < 1.29 is 9.53 Å². The Morgan fingerprint density at radius 1 is 1.60 bits per heavy atom. The highest BCUT2D eigenvalue weighted by Gasteiger charge is 1.93. The zero-order valence-corrected chi connectivity index (χ0v) is 5.02. The van der Waals surface area contributed by atoms with Crippen LogP contribution in [0, 0.1) is 0 Å². The van der Waals surface area contributed by atoms with Crippen molar-refractivity contribution in [3.8, 4) is 5.88 Å². The number of hydrogen-bond acceptors (Lipinski definition) is 5. The van der Waals surface area contributed by atoms with E-state index >= 15 is 0 Å². The van der Waals surface area contributed by atoms with Gasteiger partial charge in [0, 0.05) is 0 Å². The van der Waals surface area contributed by atoms with Gasteiger partial charge in [-0.15, -0.1) is 0 Å². The Hall–Kier alpha value is -1.65. The third kappa shape index (κ3) is 1.41. The molecule has 0 saturated heterocycles. The predicted molar refractivity (Wildman–Crippen MR) is 33.1 cm³/mol. The molecule has 0 amide bonds. The second kappa shape index (κ2) is 2.77. The number of nitrogens with two attached hydrogens (primary N) is 1. The fraction of sp³-hybridized carbons (Fsp3) is 0. The van der Waals surface area contributed by atoms with Crippen molar-refractivity contribution in [2.45, 2.75) is 0 Å². The summed E-state index contributed by atoms with van der Waals surface area (Å²) in [7, 11) is 0. The van der Waals surface area contributed by atoms with Crippen LogP contribution in [0.15, 0.2) is 12.4 Å². The summed E-state index contributed by atoms with van der Waals surface area (Å²) in [5.74, 6) is 0.328. The molecule has 0 aromatic carbocycles. The molecular weight excluding hydrogens is 134 g/mol. The number of rotatable bonds is 2. The van der Waals surface area contributed by atoms with Gasteiger partial charge in [-0.25, -0.2) is 0 Å². The highest BCUT2D eigenvalue weighted by atomic mass is 16.5. The van der Waals surface area contributed by atoms with Crippen LogP contribution in [-0.4, -0.2) is 16.4 Å². The third-order valence-corrected chi connectivity index (χ3v) is 0.800. The highest BCUT2D eigenvalue weighted by molar-refractivity contribution is 5.43. The highest BCUT2D eigenvalue weighted by Crippen LogP contribution is 2.03. The van der Waals surface area contributed by atoms with E-state index in [0.29, 0.717) is 0 Å². The molecule has 0 aliphatic heterocycles. The van der Waals surface area contributed by atoms with Gasteiger partial charge >= 0.3 is 0 Å². The molecule has 0 aliphatic rings. The molecule has 0 saturated carbocycles. The molecule has 0 radical (unpaired) electrons. The summed E-state index contributed by atoms with van der Waals surface area (Å²) in [5.41, 5.74) is 5.22. The van der Waals surface area contributed by atoms with Crippen LogP contribution >= 0.6 is 0 Å². The number of ether oxygens (including phenoxy) is 1. The maximum Gasteiger partial charge on any atom is 0.299 e. The van der Waals surface area contributed by atoms with Gasteiger partial charge in [-0.2, -0.15) is 4.98 Å². The number of anilines is 1. The summed E-state index contributed by atoms with van der Waals surface area (Å²) in [6.07, 6.45) is 2.66. The van der Waals surface area contributed by atoms with Crippen molar-refractivity contribution in [3.05, 3.63) is 12.4 Å². The number of nitrogens with zero attached hydrogens (tertiary/aromatic N) is 2. The average molecular weight is 139 g/mol. The van der Waals surface area contributed by atoms with Crippen LogP contribution in [-0.2, 0) is 4.79 Å². The van der Waals surface area contributed by atoms with E-state index in [-0.39, 0.29) is 18.2 Å². The lowest BCUT2D eigenvalue weighted by Gasteiger charge is -1.94. The molecule has 5 heteroatoms. The summed E-state index contributed by atoms with van der Waals surface area (Å²) in [6, 6.07) is 0. The molecule has 0 aliphatic carbocycles. The Balaban J connectivity index is 2.84. The molecule has 1 heterocycles. The Labute approximate surface area is 56.9 Å². The standard InChI is InChI=1S/C5H5N3O2/c6-4-1-7-2-5(8-4)10-3-9/h1-3H,(H2,6,8). The summed E-state index contributed by atoms with van der Waals surface area (Å²) in [4.78, 5) is 17.0. The van der Waals surface area contributed by atoms with Crippen molar-refractivity contribution in [1.29, 1.82) is 0 Å². The van der Waals surface area contributed by atoms with Crippen molar-refractivity contribution in [2.24, 2.45) is 0 Å². The molecule has 0 atom stereocenters. The van der Waals surface area contributed by atoms with E-state index in [9.17, 15) is 4.79 Å². The van der Waals surface area contributed by atoms with Crippen LogP contribution in [0.4, 0.5) is 5.82 Å². The molecule has 1 aromatic rings. The quantitative estimate of drug-likeness (QED) is 0.563. The van der Waals surface area contributed by atoms with Crippen LogP contribution in [0.25, 0.3) is 0 Å². The SMILES string of the molecule is Nc1cncc(OC=O)n1. The molecule has 1 rings (SSSR count). The Bertz CT molecular complexity index is 238. The maximum absolute atomic E-state index is 9.75. The van der Waals surface area contributed by atoms with Crippen LogP contribution < -0.4 is 10.5 Å². The van der Waals surface area contributed by atoms with Crippen LogP contribution in [0.5, 0.6) is 5.88 Å². The number of nitrogen functional groups attached to an aromatic ring is 1. The first-order chi connectivity index (χ1) is 4.83. The van der Waals surface area contributed by atoms with E-state index in [4.69, 9.17) is 5.73 Å². The normalized spacial score (nSPS) is 8.80. The predicted octanol–water partition coefficient (Wildman–Crippen LogP) is -0.406. The maximum atomic E-state index is 9.75. The lowest BCUT2D eigenvalue weighted by molar-refractivity contribution is -0.120. The monoisotopic (exact) mass is 139 g/mol. The lowest BCUT2D eigenvalue weighted by atomic mass is 10.7. The number of hydrogen-bond donors (Lipinski definition) is 1. The van der Waals surface area contributed by atoms with Crippen molar-refractivity contribution in [2.75, 3.05) is 5.73 Å². The molecule has 1 aromatic heterocycles. The second-order valence-corrected chi connectivity index (χ2v) is 1.50. The Morgan fingerprint density at radius 3 is 3.00 bits per heavy atom. The zero-order valence-electron chi connectivity index (χ0n) is 5.02. The fourth-order valence-electron chi connectivity index (χ4n) is 0.468. The average Bonchev–Trinajstić information content (AvgIpc) is 1.88. The first-order valence-corrected chi connectivity index (χ1v) is 2.51. The zero-order chi connectivity index (χ0) is 7.40. The van der Waals surface area contributed by atoms with Gasteiger partial charge in [-0.1, -0.05) is 0 Å². The van der Waals surface area contributed by atoms with E-state index < -0.39 is 0 Å². The molecule has 0 spiro atoms. The topological polar surface area (TPSA) is 78.1 Å². The van der Waals surface area contributed by atoms with Gasteiger partial charge in [0.2, 0.25) is 5.88 Å². The van der Waals surface area contributed by atoms with Gasteiger partial charge in [0.05, 0.1) is 12.4 Å². The molecule has 0 bridgehead atoms. The van der Waals surface area contributed by atoms with Crippen molar-refractivity contribution >= 4 is 12.3 Å². The van der Waals surface area contributed by atoms with E-state index in [1.54, 1.807) is 0 Å². The second-order valence-electron chi connectivity index (χ2n) is 1.50. The minimum absolute atomic E-state index is 0.106. The molecule has 10 heavy (non-hydrogen) atoms. The van der Waals surface area contributed by atoms with Crippen LogP contribution in [0.2, 0.25) is 0 Å². The van der Waals surface area contributed by atoms with Gasteiger partial charge in [0.1, 0.15) is 5.82 Å².